The van der Waals surface area contributed by atoms with E-state index in [1.807, 2.05) is 0 Å². The van der Waals surface area contributed by atoms with Gasteiger partial charge in [-0.3, -0.25) is 0 Å². The van der Waals surface area contributed by atoms with Gasteiger partial charge in [0.2, 0.25) is 11.8 Å². The Balaban J connectivity index is 1.83. The first kappa shape index (κ1) is 11.1. The molecule has 0 saturated carbocycles. The van der Waals surface area contributed by atoms with E-state index in [2.05, 4.69) is 15.3 Å². The number of nitrogens with zero attached hydrogens (tertiary/aromatic N) is 2. The normalized spacial score (nSPS) is 20.4. The molecule has 16 heavy (non-hydrogen) atoms. The second-order valence-electron chi connectivity index (χ2n) is 3.79. The van der Waals surface area contributed by atoms with Crippen LogP contribution < -0.4 is 10.1 Å². The first-order valence-electron chi connectivity index (χ1n) is 5.61. The van der Waals surface area contributed by atoms with Crippen LogP contribution in [-0.2, 0) is 4.74 Å². The van der Waals surface area contributed by atoms with Crippen molar-refractivity contribution in [3.63, 3.8) is 0 Å². The zero-order valence-electron chi connectivity index (χ0n) is 9.48. The van der Waals surface area contributed by atoms with Crippen LogP contribution >= 0.6 is 0 Å². The Labute approximate surface area is 95.2 Å². The van der Waals surface area contributed by atoms with Gasteiger partial charge in [0.05, 0.1) is 13.2 Å². The van der Waals surface area contributed by atoms with E-state index >= 15 is 0 Å². The van der Waals surface area contributed by atoms with Crippen LogP contribution in [-0.4, -0.2) is 36.3 Å². The molecule has 0 aliphatic carbocycles. The fourth-order valence-electron chi connectivity index (χ4n) is 1.71. The minimum absolute atomic E-state index is 0.281. The highest BCUT2D eigenvalue weighted by molar-refractivity contribution is 5.27. The molecule has 0 bridgehead atoms. The molecule has 1 saturated heterocycles. The summed E-state index contributed by atoms with van der Waals surface area (Å²) in [6.45, 7) is 1.62. The number of hydrogen-bond donors (Lipinski definition) is 1. The lowest BCUT2D eigenvalue weighted by molar-refractivity contribution is 0.0246. The summed E-state index contributed by atoms with van der Waals surface area (Å²) >= 11 is 0. The molecular formula is C11H17N3O2. The van der Waals surface area contributed by atoms with Crippen molar-refractivity contribution in [2.75, 3.05) is 25.6 Å². The van der Waals surface area contributed by atoms with E-state index in [4.69, 9.17) is 9.47 Å². The second kappa shape index (κ2) is 5.65. The molecule has 2 rings (SSSR count). The third-order valence-electron chi connectivity index (χ3n) is 2.60. The molecule has 1 aliphatic heterocycles. The summed E-state index contributed by atoms with van der Waals surface area (Å²) in [5.41, 5.74) is 0. The Morgan fingerprint density at radius 1 is 1.56 bits per heavy atom. The number of rotatable bonds is 4. The van der Waals surface area contributed by atoms with E-state index in [0.29, 0.717) is 11.8 Å². The van der Waals surface area contributed by atoms with E-state index in [9.17, 15) is 0 Å². The number of aromatic nitrogens is 2. The summed E-state index contributed by atoms with van der Waals surface area (Å²) in [5, 5.41) is 3.16. The van der Waals surface area contributed by atoms with E-state index < -0.39 is 0 Å². The topological polar surface area (TPSA) is 56.3 Å². The molecule has 1 aromatic heterocycles. The molecule has 5 heteroatoms. The monoisotopic (exact) mass is 223 g/mol. The van der Waals surface area contributed by atoms with Crippen LogP contribution in [0.25, 0.3) is 0 Å². The van der Waals surface area contributed by atoms with E-state index in [1.54, 1.807) is 19.4 Å². The number of anilines is 1. The average Bonchev–Trinajstić information content (AvgIpc) is 2.38. The smallest absolute Gasteiger partial charge is 0.226 e. The van der Waals surface area contributed by atoms with Crippen molar-refractivity contribution in [2.24, 2.45) is 0 Å². The summed E-state index contributed by atoms with van der Waals surface area (Å²) in [7, 11) is 1.59. The Bertz CT molecular complexity index is 327. The SMILES string of the molecule is COc1ccnc(NCC2CCCCO2)n1. The number of nitrogens with one attached hydrogen (secondary N) is 1. The Morgan fingerprint density at radius 2 is 2.50 bits per heavy atom. The highest BCUT2D eigenvalue weighted by Crippen LogP contribution is 2.13. The predicted octanol–water partition coefficient (Wildman–Crippen LogP) is 1.47. The van der Waals surface area contributed by atoms with Gasteiger partial charge in [0.1, 0.15) is 0 Å². The van der Waals surface area contributed by atoms with Crippen LogP contribution in [0.3, 0.4) is 0 Å². The van der Waals surface area contributed by atoms with Crippen molar-refractivity contribution in [3.05, 3.63) is 12.3 Å². The maximum absolute atomic E-state index is 5.61. The van der Waals surface area contributed by atoms with E-state index in [-0.39, 0.29) is 6.10 Å². The van der Waals surface area contributed by atoms with Crippen molar-refractivity contribution >= 4 is 5.95 Å². The molecule has 1 N–H and O–H groups in total. The van der Waals surface area contributed by atoms with Crippen LogP contribution in [0.15, 0.2) is 12.3 Å². The summed E-state index contributed by atoms with van der Waals surface area (Å²) in [6.07, 6.45) is 5.48. The predicted molar refractivity (Wildman–Crippen MR) is 60.7 cm³/mol. The van der Waals surface area contributed by atoms with Gasteiger partial charge in [0, 0.05) is 25.4 Å². The first-order chi connectivity index (χ1) is 7.88. The molecule has 1 atom stereocenters. The van der Waals surface area contributed by atoms with Gasteiger partial charge in [-0.25, -0.2) is 4.98 Å². The lowest BCUT2D eigenvalue weighted by atomic mass is 10.1. The van der Waals surface area contributed by atoms with Crippen LogP contribution in [0, 0.1) is 0 Å². The van der Waals surface area contributed by atoms with Gasteiger partial charge in [-0.2, -0.15) is 4.98 Å². The van der Waals surface area contributed by atoms with Gasteiger partial charge in [-0.05, 0) is 19.3 Å². The van der Waals surface area contributed by atoms with Crippen LogP contribution in [0.1, 0.15) is 19.3 Å². The third kappa shape index (κ3) is 3.06. The molecule has 5 nitrogen and oxygen atoms in total. The highest BCUT2D eigenvalue weighted by Gasteiger charge is 2.13. The summed E-state index contributed by atoms with van der Waals surface area (Å²) in [6, 6.07) is 1.72. The molecule has 1 fully saturated rings. The van der Waals surface area contributed by atoms with Crippen molar-refractivity contribution in [2.45, 2.75) is 25.4 Å². The van der Waals surface area contributed by atoms with E-state index in [1.165, 1.54) is 12.8 Å². The molecule has 0 aromatic carbocycles. The van der Waals surface area contributed by atoms with Crippen molar-refractivity contribution in [1.82, 2.24) is 9.97 Å². The number of ether oxygens (including phenoxy) is 2. The van der Waals surface area contributed by atoms with Crippen molar-refractivity contribution < 1.29 is 9.47 Å². The summed E-state index contributed by atoms with van der Waals surface area (Å²) in [4.78, 5) is 8.29. The summed E-state index contributed by atoms with van der Waals surface area (Å²) < 4.78 is 10.6. The van der Waals surface area contributed by atoms with Crippen LogP contribution in [0.2, 0.25) is 0 Å². The quantitative estimate of drug-likeness (QED) is 0.837. The van der Waals surface area contributed by atoms with Gasteiger partial charge in [-0.1, -0.05) is 0 Å². The van der Waals surface area contributed by atoms with Crippen LogP contribution in [0.4, 0.5) is 5.95 Å². The Kier molecular flexibility index (Phi) is 3.93. The fourth-order valence-corrected chi connectivity index (χ4v) is 1.71. The molecular weight excluding hydrogens is 206 g/mol. The molecule has 1 aliphatic rings. The number of hydrogen-bond acceptors (Lipinski definition) is 5. The molecule has 0 radical (unpaired) electrons. The van der Waals surface area contributed by atoms with Crippen LogP contribution in [0.5, 0.6) is 5.88 Å². The van der Waals surface area contributed by atoms with Gasteiger partial charge in [-0.15, -0.1) is 0 Å². The standard InChI is InChI=1S/C11H17N3O2/c1-15-10-5-6-12-11(14-10)13-8-9-4-2-3-7-16-9/h5-6,9H,2-4,7-8H2,1H3,(H,12,13,14). The molecule has 88 valence electrons. The van der Waals surface area contributed by atoms with Crippen molar-refractivity contribution in [1.29, 1.82) is 0 Å². The second-order valence-corrected chi connectivity index (χ2v) is 3.79. The molecule has 0 amide bonds. The average molecular weight is 223 g/mol. The minimum Gasteiger partial charge on any atom is -0.481 e. The molecule has 1 unspecified atom stereocenters. The number of methoxy groups -OCH3 is 1. The zero-order chi connectivity index (χ0) is 11.2. The van der Waals surface area contributed by atoms with Gasteiger partial charge >= 0.3 is 0 Å². The fraction of sp³-hybridized carbons (Fsp3) is 0.636. The van der Waals surface area contributed by atoms with Gasteiger partial charge in [0.15, 0.2) is 0 Å². The zero-order valence-corrected chi connectivity index (χ0v) is 9.48. The summed E-state index contributed by atoms with van der Waals surface area (Å²) in [5.74, 6) is 1.16. The minimum atomic E-state index is 0.281. The first-order valence-corrected chi connectivity index (χ1v) is 5.61. The molecule has 0 spiro atoms. The largest absolute Gasteiger partial charge is 0.481 e. The van der Waals surface area contributed by atoms with Gasteiger partial charge < -0.3 is 14.8 Å². The maximum atomic E-state index is 5.61. The maximum Gasteiger partial charge on any atom is 0.226 e. The highest BCUT2D eigenvalue weighted by atomic mass is 16.5. The third-order valence-corrected chi connectivity index (χ3v) is 2.60. The lowest BCUT2D eigenvalue weighted by Gasteiger charge is -2.22. The Hall–Kier alpha value is -1.36. The Morgan fingerprint density at radius 3 is 3.25 bits per heavy atom. The van der Waals surface area contributed by atoms with Crippen molar-refractivity contribution in [3.8, 4) is 5.88 Å². The molecule has 1 aromatic rings. The molecule has 2 heterocycles. The lowest BCUT2D eigenvalue weighted by Crippen LogP contribution is -2.27. The van der Waals surface area contributed by atoms with Gasteiger partial charge in [0.25, 0.3) is 0 Å². The van der Waals surface area contributed by atoms with E-state index in [0.717, 1.165) is 19.6 Å².